The van der Waals surface area contributed by atoms with E-state index < -0.39 is 11.8 Å². The van der Waals surface area contributed by atoms with E-state index in [1.165, 1.54) is 12.3 Å². The van der Waals surface area contributed by atoms with E-state index in [0.717, 1.165) is 24.6 Å². The van der Waals surface area contributed by atoms with Crippen LogP contribution in [-0.2, 0) is 11.8 Å². The molecule has 7 nitrogen and oxygen atoms in total. The van der Waals surface area contributed by atoms with E-state index >= 15 is 0 Å². The molecule has 0 aliphatic carbocycles. The highest BCUT2D eigenvalue weighted by Gasteiger charge is 2.29. The Kier molecular flexibility index (Phi) is 4.52. The average Bonchev–Trinajstić information content (AvgIpc) is 2.96. The van der Waals surface area contributed by atoms with Gasteiger partial charge < -0.3 is 15.4 Å². The van der Waals surface area contributed by atoms with Crippen LogP contribution in [0.1, 0.15) is 24.5 Å². The fourth-order valence-electron chi connectivity index (χ4n) is 2.65. The molecule has 2 N–H and O–H groups in total. The first-order valence-electron chi connectivity index (χ1n) is 7.40. The van der Waals surface area contributed by atoms with Gasteiger partial charge in [-0.3, -0.25) is 9.67 Å². The first kappa shape index (κ1) is 15.4. The molecule has 3 rings (SSSR count). The third-order valence-electron chi connectivity index (χ3n) is 3.71. The average molecular weight is 319 g/mol. The molecule has 2 amide bonds. The second-order valence-corrected chi connectivity index (χ2v) is 5.44. The topological polar surface area (TPSA) is 81.1 Å². The summed E-state index contributed by atoms with van der Waals surface area (Å²) in [6, 6.07) is 0.738. The zero-order valence-electron chi connectivity index (χ0n) is 12.7. The highest BCUT2D eigenvalue weighted by Crippen LogP contribution is 2.28. The maximum Gasteiger partial charge on any atom is 0.319 e. The predicted molar refractivity (Wildman–Crippen MR) is 81.3 cm³/mol. The van der Waals surface area contributed by atoms with Gasteiger partial charge in [-0.1, -0.05) is 0 Å². The second kappa shape index (κ2) is 6.74. The summed E-state index contributed by atoms with van der Waals surface area (Å²) in [6.07, 6.45) is 7.44. The lowest BCUT2D eigenvalue weighted by molar-refractivity contribution is -0.00700. The lowest BCUT2D eigenvalue weighted by atomic mass is 9.98. The van der Waals surface area contributed by atoms with Crippen LogP contribution in [0.15, 0.2) is 30.9 Å². The first-order chi connectivity index (χ1) is 11.1. The minimum Gasteiger partial charge on any atom is -0.371 e. The zero-order chi connectivity index (χ0) is 16.2. The van der Waals surface area contributed by atoms with Crippen LogP contribution < -0.4 is 10.6 Å². The fraction of sp³-hybridized carbons (Fsp3) is 0.400. The zero-order valence-corrected chi connectivity index (χ0v) is 12.7. The lowest BCUT2D eigenvalue weighted by Gasteiger charge is -2.31. The lowest BCUT2D eigenvalue weighted by Crippen LogP contribution is -2.44. The summed E-state index contributed by atoms with van der Waals surface area (Å²) in [5.74, 6) is -0.577. The number of aromatic nitrogens is 3. The summed E-state index contributed by atoms with van der Waals surface area (Å²) in [4.78, 5) is 15.8. The number of hydrogen-bond acceptors (Lipinski definition) is 4. The molecule has 2 aromatic heterocycles. The highest BCUT2D eigenvalue weighted by molar-refractivity contribution is 5.89. The largest absolute Gasteiger partial charge is 0.371 e. The van der Waals surface area contributed by atoms with E-state index in [-0.39, 0.29) is 17.8 Å². The van der Waals surface area contributed by atoms with Gasteiger partial charge in [0.05, 0.1) is 24.1 Å². The molecule has 1 aliphatic heterocycles. The predicted octanol–water partition coefficient (Wildman–Crippen LogP) is 2.00. The number of ether oxygens (including phenoxy) is 1. The molecule has 0 unspecified atom stereocenters. The van der Waals surface area contributed by atoms with E-state index in [0.29, 0.717) is 6.61 Å². The molecule has 23 heavy (non-hydrogen) atoms. The van der Waals surface area contributed by atoms with E-state index in [9.17, 15) is 9.18 Å². The van der Waals surface area contributed by atoms with Crippen molar-refractivity contribution in [2.45, 2.75) is 25.0 Å². The van der Waals surface area contributed by atoms with Gasteiger partial charge in [0, 0.05) is 31.6 Å². The minimum atomic E-state index is -0.577. The number of carbonyl (C=O) groups is 1. The molecule has 2 aromatic rings. The monoisotopic (exact) mass is 319 g/mol. The Balaban J connectivity index is 1.67. The molecule has 122 valence electrons. The number of amides is 2. The molecule has 1 fully saturated rings. The number of nitrogens with one attached hydrogen (secondary N) is 2. The number of rotatable bonds is 3. The van der Waals surface area contributed by atoms with Crippen LogP contribution >= 0.6 is 0 Å². The molecule has 8 heteroatoms. The van der Waals surface area contributed by atoms with Crippen LogP contribution in [0.4, 0.5) is 14.9 Å². The van der Waals surface area contributed by atoms with Crippen LogP contribution in [0.25, 0.3) is 0 Å². The number of aryl methyl sites for hydroxylation is 1. The van der Waals surface area contributed by atoms with Crippen LogP contribution in [0, 0.1) is 5.82 Å². The van der Waals surface area contributed by atoms with Crippen LogP contribution in [0.3, 0.4) is 0 Å². The summed E-state index contributed by atoms with van der Waals surface area (Å²) in [5, 5.41) is 9.48. The van der Waals surface area contributed by atoms with Crippen molar-refractivity contribution in [3.8, 4) is 0 Å². The minimum absolute atomic E-state index is 0.0900. The van der Waals surface area contributed by atoms with E-state index in [1.807, 2.05) is 13.2 Å². The summed E-state index contributed by atoms with van der Waals surface area (Å²) < 4.78 is 21.0. The van der Waals surface area contributed by atoms with Gasteiger partial charge >= 0.3 is 6.03 Å². The van der Waals surface area contributed by atoms with Crippen LogP contribution in [0.5, 0.6) is 0 Å². The van der Waals surface area contributed by atoms with E-state index in [4.69, 9.17) is 4.74 Å². The van der Waals surface area contributed by atoms with E-state index in [1.54, 1.807) is 10.9 Å². The van der Waals surface area contributed by atoms with Gasteiger partial charge in [-0.2, -0.15) is 5.10 Å². The Hall–Kier alpha value is -2.48. The van der Waals surface area contributed by atoms with Crippen molar-refractivity contribution < 1.29 is 13.9 Å². The molecule has 0 bridgehead atoms. The maximum absolute atomic E-state index is 13.5. The van der Waals surface area contributed by atoms with Crippen molar-refractivity contribution in [2.24, 2.45) is 7.05 Å². The highest BCUT2D eigenvalue weighted by atomic mass is 19.1. The summed E-state index contributed by atoms with van der Waals surface area (Å²) >= 11 is 0. The first-order valence-corrected chi connectivity index (χ1v) is 7.40. The molecule has 1 saturated heterocycles. The molecule has 2 atom stereocenters. The van der Waals surface area contributed by atoms with Crippen LogP contribution in [0.2, 0.25) is 0 Å². The number of nitrogens with zero attached hydrogens (tertiary/aromatic N) is 3. The van der Waals surface area contributed by atoms with Gasteiger partial charge in [0.25, 0.3) is 0 Å². The normalized spacial score (nSPS) is 21.0. The molecule has 3 heterocycles. The molecule has 0 radical (unpaired) electrons. The Bertz CT molecular complexity index is 690. The van der Waals surface area contributed by atoms with Gasteiger partial charge in [-0.05, 0) is 18.9 Å². The van der Waals surface area contributed by atoms with Crippen molar-refractivity contribution in [1.29, 1.82) is 0 Å². The molecule has 1 aliphatic rings. The number of hydrogen-bond donors (Lipinski definition) is 2. The number of anilines is 1. The van der Waals surface area contributed by atoms with Crippen molar-refractivity contribution in [3.63, 3.8) is 0 Å². The Morgan fingerprint density at radius 2 is 2.35 bits per heavy atom. The molecular formula is C15H18FN5O2. The maximum atomic E-state index is 13.5. The van der Waals surface area contributed by atoms with Gasteiger partial charge in [-0.15, -0.1) is 0 Å². The molecule has 0 saturated carbocycles. The Morgan fingerprint density at radius 3 is 3.09 bits per heavy atom. The Labute approximate surface area is 132 Å². The van der Waals surface area contributed by atoms with Gasteiger partial charge in [-0.25, -0.2) is 9.18 Å². The fourth-order valence-corrected chi connectivity index (χ4v) is 2.65. The summed E-state index contributed by atoms with van der Waals surface area (Å²) in [6.45, 7) is 0.637. The van der Waals surface area contributed by atoms with Gasteiger partial charge in [0.2, 0.25) is 0 Å². The SMILES string of the molecule is Cn1cc([C@H]2OCCC[C@@H]2NC(=O)Nc2ccncc2F)cn1. The van der Waals surface area contributed by atoms with Crippen molar-refractivity contribution >= 4 is 11.7 Å². The second-order valence-electron chi connectivity index (χ2n) is 5.44. The van der Waals surface area contributed by atoms with Gasteiger partial charge in [0.1, 0.15) is 6.10 Å². The number of carbonyl (C=O) groups excluding carboxylic acids is 1. The standard InChI is InChI=1S/C15H18FN5O2/c1-21-9-10(7-18-21)14-13(3-2-6-23-14)20-15(22)19-12-4-5-17-8-11(12)16/h4-5,7-9,13-14H,2-3,6H2,1H3,(H2,17,19,20,22)/t13-,14+/m0/s1. The third-order valence-corrected chi connectivity index (χ3v) is 3.71. The smallest absolute Gasteiger partial charge is 0.319 e. The van der Waals surface area contributed by atoms with E-state index in [2.05, 4.69) is 20.7 Å². The summed E-state index contributed by atoms with van der Waals surface area (Å²) in [5.41, 5.74) is 1.000. The van der Waals surface area contributed by atoms with Gasteiger partial charge in [0.15, 0.2) is 5.82 Å². The van der Waals surface area contributed by atoms with Crippen LogP contribution in [-0.4, -0.2) is 33.4 Å². The third kappa shape index (κ3) is 3.65. The summed E-state index contributed by atoms with van der Waals surface area (Å²) in [7, 11) is 1.83. The number of urea groups is 1. The van der Waals surface area contributed by atoms with Crippen molar-refractivity contribution in [1.82, 2.24) is 20.1 Å². The molecular weight excluding hydrogens is 301 g/mol. The number of halogens is 1. The van der Waals surface area contributed by atoms with Crippen molar-refractivity contribution in [3.05, 3.63) is 42.2 Å². The van der Waals surface area contributed by atoms with Crippen molar-refractivity contribution in [2.75, 3.05) is 11.9 Å². The Morgan fingerprint density at radius 1 is 1.48 bits per heavy atom. The molecule has 0 aromatic carbocycles. The quantitative estimate of drug-likeness (QED) is 0.906. The number of pyridine rings is 1. The molecule has 0 spiro atoms.